The minimum Gasteiger partial charge on any atom is -0.508 e. The molecule has 1 amide bonds. The molecule has 1 unspecified atom stereocenters. The standard InChI is InChI=1S/C13H15NO4/c1-3-5-10(13(17)18)14-12(16)9-6-4-7-11(15)8(9)2/h3-4,6-7,10,15H,1,5H2,2H3,(H,14,16)(H,17,18). The molecule has 96 valence electrons. The number of hydrogen-bond acceptors (Lipinski definition) is 3. The van der Waals surface area contributed by atoms with Crippen molar-refractivity contribution in [3.05, 3.63) is 42.0 Å². The van der Waals surface area contributed by atoms with Gasteiger partial charge in [-0.3, -0.25) is 4.79 Å². The molecule has 0 bridgehead atoms. The predicted octanol–water partition coefficient (Wildman–Crippen LogP) is 1.46. The Morgan fingerprint density at radius 1 is 1.50 bits per heavy atom. The van der Waals surface area contributed by atoms with Gasteiger partial charge in [0.15, 0.2) is 0 Å². The van der Waals surface area contributed by atoms with Crippen molar-refractivity contribution in [2.24, 2.45) is 0 Å². The highest BCUT2D eigenvalue weighted by molar-refractivity contribution is 5.98. The molecule has 5 heteroatoms. The van der Waals surface area contributed by atoms with Crippen LogP contribution in [-0.4, -0.2) is 28.1 Å². The van der Waals surface area contributed by atoms with E-state index in [0.717, 1.165) is 0 Å². The van der Waals surface area contributed by atoms with E-state index in [2.05, 4.69) is 11.9 Å². The third kappa shape index (κ3) is 3.10. The van der Waals surface area contributed by atoms with Crippen LogP contribution in [0.3, 0.4) is 0 Å². The Labute approximate surface area is 105 Å². The Morgan fingerprint density at radius 2 is 2.17 bits per heavy atom. The summed E-state index contributed by atoms with van der Waals surface area (Å²) < 4.78 is 0. The van der Waals surface area contributed by atoms with E-state index >= 15 is 0 Å². The van der Waals surface area contributed by atoms with Gasteiger partial charge in [0.1, 0.15) is 11.8 Å². The molecule has 1 aromatic carbocycles. The summed E-state index contributed by atoms with van der Waals surface area (Å²) in [6.45, 7) is 5.03. The highest BCUT2D eigenvalue weighted by atomic mass is 16.4. The fourth-order valence-corrected chi connectivity index (χ4v) is 1.49. The summed E-state index contributed by atoms with van der Waals surface area (Å²) in [7, 11) is 0. The Bertz CT molecular complexity index is 482. The van der Waals surface area contributed by atoms with Gasteiger partial charge >= 0.3 is 5.97 Å². The molecule has 0 radical (unpaired) electrons. The van der Waals surface area contributed by atoms with E-state index in [1.807, 2.05) is 0 Å². The largest absolute Gasteiger partial charge is 0.508 e. The van der Waals surface area contributed by atoms with Crippen molar-refractivity contribution >= 4 is 11.9 Å². The fraction of sp³-hybridized carbons (Fsp3) is 0.231. The van der Waals surface area contributed by atoms with Crippen molar-refractivity contribution in [1.29, 1.82) is 0 Å². The molecule has 1 rings (SSSR count). The van der Waals surface area contributed by atoms with Gasteiger partial charge in [0.25, 0.3) is 5.91 Å². The first-order chi connectivity index (χ1) is 8.47. The zero-order valence-electron chi connectivity index (χ0n) is 10.0. The zero-order valence-corrected chi connectivity index (χ0v) is 10.0. The van der Waals surface area contributed by atoms with Crippen LogP contribution in [0, 0.1) is 6.92 Å². The van der Waals surface area contributed by atoms with Gasteiger partial charge in [0.2, 0.25) is 0 Å². The number of rotatable bonds is 5. The second kappa shape index (κ2) is 5.86. The number of carbonyl (C=O) groups excluding carboxylic acids is 1. The van der Waals surface area contributed by atoms with Crippen LogP contribution in [0.25, 0.3) is 0 Å². The molecule has 0 aromatic heterocycles. The number of phenolic OH excluding ortho intramolecular Hbond substituents is 1. The zero-order chi connectivity index (χ0) is 13.7. The van der Waals surface area contributed by atoms with E-state index in [1.54, 1.807) is 6.92 Å². The van der Waals surface area contributed by atoms with Crippen LogP contribution < -0.4 is 5.32 Å². The van der Waals surface area contributed by atoms with Gasteiger partial charge in [-0.05, 0) is 25.5 Å². The number of hydrogen-bond donors (Lipinski definition) is 3. The summed E-state index contributed by atoms with van der Waals surface area (Å²) in [4.78, 5) is 22.8. The van der Waals surface area contributed by atoms with Gasteiger partial charge in [-0.15, -0.1) is 6.58 Å². The van der Waals surface area contributed by atoms with E-state index in [1.165, 1.54) is 24.3 Å². The molecule has 0 fully saturated rings. The molecule has 0 saturated carbocycles. The molecule has 0 aliphatic rings. The van der Waals surface area contributed by atoms with Crippen LogP contribution in [0.5, 0.6) is 5.75 Å². The van der Waals surface area contributed by atoms with Crippen LogP contribution in [0.4, 0.5) is 0 Å². The molecule has 0 aliphatic heterocycles. The number of aromatic hydroxyl groups is 1. The van der Waals surface area contributed by atoms with Crippen LogP contribution >= 0.6 is 0 Å². The fourth-order valence-electron chi connectivity index (χ4n) is 1.49. The summed E-state index contributed by atoms with van der Waals surface area (Å²) in [5.74, 6) is -1.66. The molecule has 3 N–H and O–H groups in total. The Hall–Kier alpha value is -2.30. The summed E-state index contributed by atoms with van der Waals surface area (Å²) in [5, 5.41) is 20.8. The first-order valence-electron chi connectivity index (χ1n) is 5.40. The molecule has 1 aromatic rings. The molecule has 1 atom stereocenters. The molecule has 5 nitrogen and oxygen atoms in total. The molecule has 18 heavy (non-hydrogen) atoms. The molecular formula is C13H15NO4. The summed E-state index contributed by atoms with van der Waals surface area (Å²) >= 11 is 0. The summed E-state index contributed by atoms with van der Waals surface area (Å²) in [6, 6.07) is 3.50. The molecule has 0 aliphatic carbocycles. The number of aliphatic carboxylic acids is 1. The lowest BCUT2D eigenvalue weighted by molar-refractivity contribution is -0.139. The predicted molar refractivity (Wildman–Crippen MR) is 66.5 cm³/mol. The van der Waals surface area contributed by atoms with Gasteiger partial charge in [0.05, 0.1) is 0 Å². The van der Waals surface area contributed by atoms with Crippen LogP contribution in [-0.2, 0) is 4.79 Å². The monoisotopic (exact) mass is 249 g/mol. The first kappa shape index (κ1) is 13.8. The van der Waals surface area contributed by atoms with Crippen LogP contribution in [0.15, 0.2) is 30.9 Å². The van der Waals surface area contributed by atoms with Crippen molar-refractivity contribution in [2.75, 3.05) is 0 Å². The van der Waals surface area contributed by atoms with E-state index < -0.39 is 17.9 Å². The Balaban J connectivity index is 2.90. The van der Waals surface area contributed by atoms with E-state index in [4.69, 9.17) is 5.11 Å². The number of carbonyl (C=O) groups is 2. The maximum atomic E-state index is 11.9. The highest BCUT2D eigenvalue weighted by Crippen LogP contribution is 2.19. The number of carboxylic acid groups (broad SMARTS) is 1. The van der Waals surface area contributed by atoms with Gasteiger partial charge in [0, 0.05) is 11.1 Å². The van der Waals surface area contributed by atoms with Crippen LogP contribution in [0.1, 0.15) is 22.3 Å². The van der Waals surface area contributed by atoms with Gasteiger partial charge in [-0.25, -0.2) is 4.79 Å². The maximum absolute atomic E-state index is 11.9. The lowest BCUT2D eigenvalue weighted by Gasteiger charge is -2.14. The third-order valence-corrected chi connectivity index (χ3v) is 2.56. The van der Waals surface area contributed by atoms with E-state index in [9.17, 15) is 14.7 Å². The molecule has 0 spiro atoms. The quantitative estimate of drug-likeness (QED) is 0.689. The number of phenols is 1. The van der Waals surface area contributed by atoms with Gasteiger partial charge in [-0.1, -0.05) is 12.1 Å². The average molecular weight is 249 g/mol. The molecule has 0 heterocycles. The summed E-state index contributed by atoms with van der Waals surface area (Å²) in [5.41, 5.74) is 0.669. The van der Waals surface area contributed by atoms with Gasteiger partial charge in [-0.2, -0.15) is 0 Å². The Morgan fingerprint density at radius 3 is 2.72 bits per heavy atom. The van der Waals surface area contributed by atoms with E-state index in [0.29, 0.717) is 5.56 Å². The summed E-state index contributed by atoms with van der Waals surface area (Å²) in [6.07, 6.45) is 1.56. The van der Waals surface area contributed by atoms with Crippen molar-refractivity contribution < 1.29 is 19.8 Å². The molecule has 0 saturated heterocycles. The number of amides is 1. The van der Waals surface area contributed by atoms with E-state index in [-0.39, 0.29) is 17.7 Å². The first-order valence-corrected chi connectivity index (χ1v) is 5.40. The molecular weight excluding hydrogens is 234 g/mol. The topological polar surface area (TPSA) is 86.6 Å². The second-order valence-electron chi connectivity index (χ2n) is 3.84. The maximum Gasteiger partial charge on any atom is 0.326 e. The lowest BCUT2D eigenvalue weighted by atomic mass is 10.1. The van der Waals surface area contributed by atoms with Crippen molar-refractivity contribution in [2.45, 2.75) is 19.4 Å². The number of carboxylic acids is 1. The van der Waals surface area contributed by atoms with Crippen molar-refractivity contribution in [3.8, 4) is 5.75 Å². The second-order valence-corrected chi connectivity index (χ2v) is 3.84. The Kier molecular flexibility index (Phi) is 4.48. The number of nitrogens with one attached hydrogen (secondary N) is 1. The van der Waals surface area contributed by atoms with Crippen LogP contribution in [0.2, 0.25) is 0 Å². The average Bonchev–Trinajstić information content (AvgIpc) is 2.31. The smallest absolute Gasteiger partial charge is 0.326 e. The SMILES string of the molecule is C=CCC(NC(=O)c1cccc(O)c1C)C(=O)O. The van der Waals surface area contributed by atoms with Gasteiger partial charge < -0.3 is 15.5 Å². The third-order valence-electron chi connectivity index (χ3n) is 2.56. The van der Waals surface area contributed by atoms with Crippen molar-refractivity contribution in [3.63, 3.8) is 0 Å². The minimum atomic E-state index is -1.12. The normalized spacial score (nSPS) is 11.6. The lowest BCUT2D eigenvalue weighted by Crippen LogP contribution is -2.40. The van der Waals surface area contributed by atoms with Crippen molar-refractivity contribution in [1.82, 2.24) is 5.32 Å². The number of benzene rings is 1. The highest BCUT2D eigenvalue weighted by Gasteiger charge is 2.20. The minimum absolute atomic E-state index is 0.00162.